The second kappa shape index (κ2) is 4.87. The molecule has 0 aromatic carbocycles. The number of rotatable bonds is 3. The molecule has 1 amide bonds. The van der Waals surface area contributed by atoms with Gasteiger partial charge in [-0.1, -0.05) is 13.8 Å². The summed E-state index contributed by atoms with van der Waals surface area (Å²) in [5, 5.41) is 7.18. The number of carbonyl (C=O) groups excluding carboxylic acids is 1. The van der Waals surface area contributed by atoms with E-state index < -0.39 is 0 Å². The van der Waals surface area contributed by atoms with E-state index in [0.717, 1.165) is 37.5 Å². The van der Waals surface area contributed by atoms with Crippen LogP contribution in [0.1, 0.15) is 37.3 Å². The predicted molar refractivity (Wildman–Crippen MR) is 77.5 cm³/mol. The van der Waals surface area contributed by atoms with Crippen molar-refractivity contribution >= 4 is 22.4 Å². The first kappa shape index (κ1) is 13.1. The summed E-state index contributed by atoms with van der Waals surface area (Å²) in [5.41, 5.74) is 0.930. The molecule has 0 spiro atoms. The van der Waals surface area contributed by atoms with Gasteiger partial charge in [0.2, 0.25) is 5.91 Å². The van der Waals surface area contributed by atoms with Crippen molar-refractivity contribution in [2.75, 3.05) is 18.4 Å². The highest BCUT2D eigenvalue weighted by atomic mass is 32.1. The second-order valence-electron chi connectivity index (χ2n) is 5.93. The van der Waals surface area contributed by atoms with Crippen LogP contribution in [0.5, 0.6) is 0 Å². The van der Waals surface area contributed by atoms with Crippen LogP contribution in [0.3, 0.4) is 0 Å². The summed E-state index contributed by atoms with van der Waals surface area (Å²) in [7, 11) is 0. The van der Waals surface area contributed by atoms with Gasteiger partial charge in [0.1, 0.15) is 0 Å². The minimum Gasteiger partial charge on any atom is -0.316 e. The van der Waals surface area contributed by atoms with E-state index in [9.17, 15) is 4.79 Å². The number of anilines is 1. The molecule has 3 rings (SSSR count). The van der Waals surface area contributed by atoms with E-state index >= 15 is 0 Å². The highest BCUT2D eigenvalue weighted by Crippen LogP contribution is 2.37. The first-order valence-corrected chi connectivity index (χ1v) is 7.94. The summed E-state index contributed by atoms with van der Waals surface area (Å²) in [6.07, 6.45) is 4.32. The van der Waals surface area contributed by atoms with Gasteiger partial charge in [-0.05, 0) is 38.1 Å². The number of nitrogens with one attached hydrogen (secondary N) is 2. The summed E-state index contributed by atoms with van der Waals surface area (Å²) in [6, 6.07) is 0. The van der Waals surface area contributed by atoms with E-state index in [1.807, 2.05) is 0 Å². The van der Waals surface area contributed by atoms with Crippen molar-refractivity contribution in [2.45, 2.75) is 39.5 Å². The smallest absolute Gasteiger partial charge is 0.233 e. The Labute approximate surface area is 118 Å². The van der Waals surface area contributed by atoms with Crippen LogP contribution in [0.2, 0.25) is 0 Å². The molecule has 1 aliphatic heterocycles. The molecule has 104 valence electrons. The fourth-order valence-electron chi connectivity index (χ4n) is 3.13. The van der Waals surface area contributed by atoms with Gasteiger partial charge in [0.25, 0.3) is 0 Å². The second-order valence-corrected chi connectivity index (χ2v) is 7.02. The molecule has 19 heavy (non-hydrogen) atoms. The number of aromatic nitrogens is 1. The number of fused-ring (bicyclic) bond motifs is 1. The van der Waals surface area contributed by atoms with Crippen molar-refractivity contribution < 1.29 is 4.79 Å². The fraction of sp³-hybridized carbons (Fsp3) is 0.714. The van der Waals surface area contributed by atoms with Crippen molar-refractivity contribution in [3.63, 3.8) is 0 Å². The molecule has 1 aromatic rings. The average Bonchev–Trinajstić information content (AvgIpc) is 3.02. The number of thiazole rings is 1. The number of carbonyl (C=O) groups is 1. The monoisotopic (exact) mass is 279 g/mol. The maximum atomic E-state index is 12.6. The Kier molecular flexibility index (Phi) is 3.35. The van der Waals surface area contributed by atoms with Gasteiger partial charge in [-0.2, -0.15) is 0 Å². The van der Waals surface area contributed by atoms with E-state index in [4.69, 9.17) is 0 Å². The number of aryl methyl sites for hydroxylation is 2. The molecule has 1 unspecified atom stereocenters. The molecule has 2 N–H and O–H groups in total. The molecule has 1 fully saturated rings. The zero-order valence-electron chi connectivity index (χ0n) is 11.6. The molecule has 2 heterocycles. The highest BCUT2D eigenvalue weighted by Gasteiger charge is 2.44. The molecule has 0 radical (unpaired) electrons. The van der Waals surface area contributed by atoms with Crippen molar-refractivity contribution in [1.29, 1.82) is 0 Å². The Morgan fingerprint density at radius 1 is 1.47 bits per heavy atom. The van der Waals surface area contributed by atoms with Crippen molar-refractivity contribution in [2.24, 2.45) is 11.3 Å². The van der Waals surface area contributed by atoms with E-state index in [2.05, 4.69) is 29.5 Å². The Bertz CT molecular complexity index is 467. The maximum Gasteiger partial charge on any atom is 0.233 e. The molecule has 2 aliphatic rings. The third-order valence-electron chi connectivity index (χ3n) is 4.56. The van der Waals surface area contributed by atoms with Gasteiger partial charge in [-0.25, -0.2) is 4.98 Å². The van der Waals surface area contributed by atoms with E-state index in [1.165, 1.54) is 17.0 Å². The standard InChI is InChI=1S/C14H21N3OS/c1-9(2)14(6-7-15-8-14)12(18)17-13-16-10-4-3-5-11(10)19-13/h9,15H,3-8H2,1-2H3,(H,16,17,18). The van der Waals surface area contributed by atoms with Crippen molar-refractivity contribution in [3.05, 3.63) is 10.6 Å². The molecule has 5 heteroatoms. The van der Waals surface area contributed by atoms with Crippen LogP contribution in [-0.2, 0) is 17.6 Å². The lowest BCUT2D eigenvalue weighted by Gasteiger charge is -2.30. The topological polar surface area (TPSA) is 54.0 Å². The van der Waals surface area contributed by atoms with Crippen LogP contribution < -0.4 is 10.6 Å². The van der Waals surface area contributed by atoms with Crippen molar-refractivity contribution in [1.82, 2.24) is 10.3 Å². The van der Waals surface area contributed by atoms with Crippen LogP contribution in [0, 0.1) is 11.3 Å². The molecule has 4 nitrogen and oxygen atoms in total. The van der Waals surface area contributed by atoms with Crippen LogP contribution in [0.25, 0.3) is 0 Å². The van der Waals surface area contributed by atoms with E-state index in [0.29, 0.717) is 5.92 Å². The lowest BCUT2D eigenvalue weighted by Crippen LogP contribution is -2.42. The van der Waals surface area contributed by atoms with Gasteiger partial charge < -0.3 is 10.6 Å². The molecule has 1 atom stereocenters. The van der Waals surface area contributed by atoms with E-state index in [1.54, 1.807) is 11.3 Å². The third-order valence-corrected chi connectivity index (χ3v) is 5.63. The number of hydrogen-bond acceptors (Lipinski definition) is 4. The van der Waals surface area contributed by atoms with Crippen LogP contribution >= 0.6 is 11.3 Å². The normalized spacial score (nSPS) is 25.8. The number of amides is 1. The lowest BCUT2D eigenvalue weighted by molar-refractivity contribution is -0.126. The molecule has 1 aliphatic carbocycles. The molecular weight excluding hydrogens is 258 g/mol. The summed E-state index contributed by atoms with van der Waals surface area (Å²) in [5.74, 6) is 0.481. The Morgan fingerprint density at radius 3 is 2.95 bits per heavy atom. The molecule has 1 aromatic heterocycles. The SMILES string of the molecule is CC(C)C1(C(=O)Nc2nc3c(s2)CCC3)CCNC1. The number of hydrogen-bond donors (Lipinski definition) is 2. The molecule has 0 bridgehead atoms. The largest absolute Gasteiger partial charge is 0.316 e. The zero-order valence-corrected chi connectivity index (χ0v) is 12.4. The lowest BCUT2D eigenvalue weighted by atomic mass is 9.75. The minimum atomic E-state index is -0.268. The van der Waals surface area contributed by atoms with Crippen LogP contribution in [-0.4, -0.2) is 24.0 Å². The molecule has 1 saturated heterocycles. The van der Waals surface area contributed by atoms with Gasteiger partial charge in [-0.3, -0.25) is 4.79 Å². The highest BCUT2D eigenvalue weighted by molar-refractivity contribution is 7.15. The summed E-state index contributed by atoms with van der Waals surface area (Å²) in [4.78, 5) is 18.5. The average molecular weight is 279 g/mol. The van der Waals surface area contributed by atoms with Gasteiger partial charge in [0.15, 0.2) is 5.13 Å². The third kappa shape index (κ3) is 2.19. The van der Waals surface area contributed by atoms with Crippen molar-refractivity contribution in [3.8, 4) is 0 Å². The summed E-state index contributed by atoms with van der Waals surface area (Å²) < 4.78 is 0. The van der Waals surface area contributed by atoms with Gasteiger partial charge in [0, 0.05) is 11.4 Å². The molecular formula is C14H21N3OS. The zero-order chi connectivity index (χ0) is 13.5. The van der Waals surface area contributed by atoms with Gasteiger partial charge >= 0.3 is 0 Å². The van der Waals surface area contributed by atoms with E-state index in [-0.39, 0.29) is 11.3 Å². The predicted octanol–water partition coefficient (Wildman–Crippen LogP) is 2.21. The maximum absolute atomic E-state index is 12.6. The summed E-state index contributed by atoms with van der Waals surface area (Å²) >= 11 is 1.66. The van der Waals surface area contributed by atoms with Crippen LogP contribution in [0.15, 0.2) is 0 Å². The Morgan fingerprint density at radius 2 is 2.32 bits per heavy atom. The first-order chi connectivity index (χ1) is 9.12. The minimum absolute atomic E-state index is 0.139. The van der Waals surface area contributed by atoms with Crippen LogP contribution in [0.4, 0.5) is 5.13 Å². The molecule has 0 saturated carbocycles. The first-order valence-electron chi connectivity index (χ1n) is 7.12. The Balaban J connectivity index is 1.76. The fourth-order valence-corrected chi connectivity index (χ4v) is 4.17. The van der Waals surface area contributed by atoms with Gasteiger partial charge in [0.05, 0.1) is 11.1 Å². The Hall–Kier alpha value is -0.940. The van der Waals surface area contributed by atoms with Gasteiger partial charge in [-0.15, -0.1) is 11.3 Å². The quantitative estimate of drug-likeness (QED) is 0.892. The summed E-state index contributed by atoms with van der Waals surface area (Å²) in [6.45, 7) is 5.98. The number of nitrogens with zero attached hydrogens (tertiary/aromatic N) is 1.